The summed E-state index contributed by atoms with van der Waals surface area (Å²) in [6.45, 7) is 1.66. The van der Waals surface area contributed by atoms with E-state index in [2.05, 4.69) is 15.9 Å². The molecule has 0 unspecified atom stereocenters. The topological polar surface area (TPSA) is 17.1 Å². The van der Waals surface area contributed by atoms with E-state index in [1.165, 1.54) is 6.07 Å². The van der Waals surface area contributed by atoms with Gasteiger partial charge in [-0.25, -0.2) is 4.39 Å². The quantitative estimate of drug-likeness (QED) is 0.597. The Labute approximate surface area is 91.5 Å². The third kappa shape index (κ3) is 2.91. The lowest BCUT2D eigenvalue weighted by Crippen LogP contribution is -2.00. The summed E-state index contributed by atoms with van der Waals surface area (Å²) in [4.78, 5) is 11.5. The highest BCUT2D eigenvalue weighted by Crippen LogP contribution is 2.12. The Morgan fingerprint density at radius 3 is 2.79 bits per heavy atom. The van der Waals surface area contributed by atoms with Gasteiger partial charge in [-0.1, -0.05) is 15.9 Å². The molecule has 1 rings (SSSR count). The Morgan fingerprint density at radius 1 is 1.50 bits per heavy atom. The number of alkyl halides is 1. The van der Waals surface area contributed by atoms with Crippen molar-refractivity contribution in [2.75, 3.05) is 5.33 Å². The Bertz CT molecular complexity index is 336. The molecule has 0 fully saturated rings. The van der Waals surface area contributed by atoms with Gasteiger partial charge < -0.3 is 0 Å². The largest absolute Gasteiger partial charge is 0.294 e. The highest BCUT2D eigenvalue weighted by atomic mass is 79.9. The van der Waals surface area contributed by atoms with E-state index < -0.39 is 0 Å². The summed E-state index contributed by atoms with van der Waals surface area (Å²) in [6, 6.07) is 4.49. The van der Waals surface area contributed by atoms with Crippen molar-refractivity contribution in [1.29, 1.82) is 0 Å². The van der Waals surface area contributed by atoms with Gasteiger partial charge in [0.05, 0.1) is 0 Å². The minimum Gasteiger partial charge on any atom is -0.294 e. The summed E-state index contributed by atoms with van der Waals surface area (Å²) >= 11 is 3.26. The van der Waals surface area contributed by atoms with Crippen LogP contribution in [0.5, 0.6) is 0 Å². The molecule has 0 aliphatic rings. The minimum atomic E-state index is -0.262. The predicted molar refractivity (Wildman–Crippen MR) is 58.5 cm³/mol. The smallest absolute Gasteiger partial charge is 0.162 e. The Balaban J connectivity index is 2.76. The van der Waals surface area contributed by atoms with E-state index >= 15 is 0 Å². The van der Waals surface area contributed by atoms with Gasteiger partial charge in [-0.3, -0.25) is 4.79 Å². The second kappa shape index (κ2) is 5.25. The molecule has 0 heterocycles. The van der Waals surface area contributed by atoms with Crippen molar-refractivity contribution in [3.63, 3.8) is 0 Å². The van der Waals surface area contributed by atoms with Gasteiger partial charge in [-0.15, -0.1) is 0 Å². The predicted octanol–water partition coefficient (Wildman–Crippen LogP) is 3.49. The van der Waals surface area contributed by atoms with Crippen LogP contribution in [0.15, 0.2) is 18.2 Å². The first-order valence-electron chi connectivity index (χ1n) is 4.50. The first kappa shape index (κ1) is 11.4. The van der Waals surface area contributed by atoms with Crippen molar-refractivity contribution in [2.24, 2.45) is 0 Å². The molecule has 0 saturated carbocycles. The SMILES string of the molecule is Cc1cc(C(=O)CCCBr)ccc1F. The van der Waals surface area contributed by atoms with Crippen LogP contribution in [0, 0.1) is 12.7 Å². The average molecular weight is 259 g/mol. The molecule has 0 bridgehead atoms. The monoisotopic (exact) mass is 258 g/mol. The van der Waals surface area contributed by atoms with Crippen LogP contribution in [0.2, 0.25) is 0 Å². The maximum atomic E-state index is 12.9. The molecule has 0 N–H and O–H groups in total. The number of halogens is 2. The van der Waals surface area contributed by atoms with E-state index in [1.54, 1.807) is 19.1 Å². The molecule has 0 aliphatic heterocycles. The lowest BCUT2D eigenvalue weighted by atomic mass is 10.0. The fraction of sp³-hybridized carbons (Fsp3) is 0.364. The summed E-state index contributed by atoms with van der Waals surface area (Å²) in [5.41, 5.74) is 1.12. The standard InChI is InChI=1S/C11H12BrFO/c1-8-7-9(4-5-10(8)13)11(14)3-2-6-12/h4-5,7H,2-3,6H2,1H3. The Morgan fingerprint density at radius 2 is 2.21 bits per heavy atom. The second-order valence-electron chi connectivity index (χ2n) is 3.18. The average Bonchev–Trinajstić information content (AvgIpc) is 2.18. The van der Waals surface area contributed by atoms with Crippen molar-refractivity contribution in [3.8, 4) is 0 Å². The van der Waals surface area contributed by atoms with Crippen molar-refractivity contribution >= 4 is 21.7 Å². The Hall–Kier alpha value is -0.700. The first-order chi connectivity index (χ1) is 6.65. The van der Waals surface area contributed by atoms with E-state index in [-0.39, 0.29) is 11.6 Å². The van der Waals surface area contributed by atoms with Gasteiger partial charge in [0.15, 0.2) is 5.78 Å². The van der Waals surface area contributed by atoms with Gasteiger partial charge in [-0.05, 0) is 37.1 Å². The van der Waals surface area contributed by atoms with Crippen molar-refractivity contribution in [1.82, 2.24) is 0 Å². The zero-order chi connectivity index (χ0) is 10.6. The molecule has 1 nitrogen and oxygen atoms in total. The molecular formula is C11H12BrFO. The zero-order valence-corrected chi connectivity index (χ0v) is 9.60. The summed E-state index contributed by atoms with van der Waals surface area (Å²) in [5, 5.41) is 0.818. The van der Waals surface area contributed by atoms with Gasteiger partial charge in [0.25, 0.3) is 0 Å². The number of hydrogen-bond donors (Lipinski definition) is 0. The maximum absolute atomic E-state index is 12.9. The molecule has 0 amide bonds. The van der Waals surface area contributed by atoms with Crippen LogP contribution in [0.4, 0.5) is 4.39 Å². The molecule has 0 saturated heterocycles. The summed E-state index contributed by atoms with van der Waals surface area (Å²) in [7, 11) is 0. The molecule has 0 spiro atoms. The first-order valence-corrected chi connectivity index (χ1v) is 5.62. The van der Waals surface area contributed by atoms with Gasteiger partial charge in [0.2, 0.25) is 0 Å². The fourth-order valence-corrected chi connectivity index (χ4v) is 1.47. The van der Waals surface area contributed by atoms with E-state index in [0.29, 0.717) is 17.5 Å². The van der Waals surface area contributed by atoms with E-state index in [4.69, 9.17) is 0 Å². The Kier molecular flexibility index (Phi) is 4.26. The van der Waals surface area contributed by atoms with Crippen LogP contribution in [0.3, 0.4) is 0 Å². The summed E-state index contributed by atoms with van der Waals surface area (Å²) < 4.78 is 12.9. The maximum Gasteiger partial charge on any atom is 0.162 e. The highest BCUT2D eigenvalue weighted by molar-refractivity contribution is 9.09. The molecule has 1 aromatic carbocycles. The van der Waals surface area contributed by atoms with Crippen LogP contribution in [0.1, 0.15) is 28.8 Å². The van der Waals surface area contributed by atoms with Crippen molar-refractivity contribution < 1.29 is 9.18 Å². The van der Waals surface area contributed by atoms with Crippen molar-refractivity contribution in [2.45, 2.75) is 19.8 Å². The van der Waals surface area contributed by atoms with E-state index in [0.717, 1.165) is 11.8 Å². The van der Waals surface area contributed by atoms with Crippen LogP contribution in [-0.4, -0.2) is 11.1 Å². The number of carbonyl (C=O) groups excluding carboxylic acids is 1. The molecule has 14 heavy (non-hydrogen) atoms. The molecule has 3 heteroatoms. The molecule has 0 atom stereocenters. The van der Waals surface area contributed by atoms with Crippen molar-refractivity contribution in [3.05, 3.63) is 35.1 Å². The molecule has 0 aliphatic carbocycles. The van der Waals surface area contributed by atoms with Gasteiger partial charge >= 0.3 is 0 Å². The van der Waals surface area contributed by atoms with Crippen LogP contribution in [0.25, 0.3) is 0 Å². The number of aryl methyl sites for hydroxylation is 1. The minimum absolute atomic E-state index is 0.0764. The highest BCUT2D eigenvalue weighted by Gasteiger charge is 2.06. The third-order valence-corrected chi connectivity index (χ3v) is 2.58. The molecular weight excluding hydrogens is 247 g/mol. The molecule has 76 valence electrons. The van der Waals surface area contributed by atoms with Crippen LogP contribution >= 0.6 is 15.9 Å². The number of hydrogen-bond acceptors (Lipinski definition) is 1. The van der Waals surface area contributed by atoms with Crippen LogP contribution < -0.4 is 0 Å². The number of carbonyl (C=O) groups is 1. The zero-order valence-electron chi connectivity index (χ0n) is 8.02. The van der Waals surface area contributed by atoms with Gasteiger partial charge in [-0.2, -0.15) is 0 Å². The number of benzene rings is 1. The fourth-order valence-electron chi connectivity index (χ4n) is 1.19. The molecule has 0 radical (unpaired) electrons. The number of Topliss-reactive ketones (excluding diaryl/α,β-unsaturated/α-hetero) is 1. The number of ketones is 1. The third-order valence-electron chi connectivity index (χ3n) is 2.02. The summed E-state index contributed by atoms with van der Waals surface area (Å²) in [6.07, 6.45) is 1.32. The lowest BCUT2D eigenvalue weighted by molar-refractivity contribution is 0.0982. The van der Waals surface area contributed by atoms with E-state index in [9.17, 15) is 9.18 Å². The molecule has 0 aromatic heterocycles. The van der Waals surface area contributed by atoms with Gasteiger partial charge in [0, 0.05) is 17.3 Å². The lowest BCUT2D eigenvalue weighted by Gasteiger charge is -2.01. The van der Waals surface area contributed by atoms with E-state index in [1.807, 2.05) is 0 Å². The molecule has 1 aromatic rings. The summed E-state index contributed by atoms with van der Waals surface area (Å²) in [5.74, 6) is -0.186. The number of rotatable bonds is 4. The van der Waals surface area contributed by atoms with Crippen LogP contribution in [-0.2, 0) is 0 Å². The normalized spacial score (nSPS) is 10.2. The second-order valence-corrected chi connectivity index (χ2v) is 3.97. The van der Waals surface area contributed by atoms with Gasteiger partial charge in [0.1, 0.15) is 5.82 Å².